The zero-order chi connectivity index (χ0) is 16.4. The van der Waals surface area contributed by atoms with Gasteiger partial charge < -0.3 is 10.4 Å². The predicted molar refractivity (Wildman–Crippen MR) is 85.0 cm³/mol. The van der Waals surface area contributed by atoms with Crippen LogP contribution in [-0.2, 0) is 29.5 Å². The van der Waals surface area contributed by atoms with Crippen LogP contribution in [0.2, 0.25) is 0 Å². The number of aromatic carboxylic acids is 1. The number of thiophene rings is 1. The monoisotopic (exact) mass is 353 g/mol. The van der Waals surface area contributed by atoms with Crippen LogP contribution in [0.4, 0.5) is 0 Å². The molecule has 0 spiro atoms. The molecule has 1 aliphatic heterocycles. The Morgan fingerprint density at radius 1 is 1.43 bits per heavy atom. The van der Waals surface area contributed by atoms with Crippen LogP contribution in [0, 0.1) is 0 Å². The molecule has 122 valence electrons. The quantitative estimate of drug-likeness (QED) is 0.739. The number of carboxylic acid groups (broad SMARTS) is 1. The summed E-state index contributed by atoms with van der Waals surface area (Å²) in [7, 11) is -3.91. The van der Waals surface area contributed by atoms with Crippen molar-refractivity contribution in [3.8, 4) is 0 Å². The Morgan fingerprint density at radius 3 is 2.96 bits per heavy atom. The molecule has 0 aliphatic carbocycles. The van der Waals surface area contributed by atoms with E-state index in [1.54, 1.807) is 24.4 Å². The summed E-state index contributed by atoms with van der Waals surface area (Å²) in [5.74, 6) is -1.21. The van der Waals surface area contributed by atoms with E-state index in [4.69, 9.17) is 0 Å². The topological polar surface area (TPSA) is 108 Å². The van der Waals surface area contributed by atoms with Crippen molar-refractivity contribution in [2.75, 3.05) is 6.54 Å². The molecule has 2 aromatic heterocycles. The number of rotatable bonds is 5. The van der Waals surface area contributed by atoms with Crippen LogP contribution in [0.15, 0.2) is 28.6 Å². The molecular formula is C14H15N3O4S2. The van der Waals surface area contributed by atoms with Gasteiger partial charge >= 0.3 is 5.97 Å². The molecule has 9 heteroatoms. The SMILES string of the molecule is O=C(O)c1c(S(=O)(=O)NCc2ccccn2)sc2c1CCNC2. The lowest BCUT2D eigenvalue weighted by Gasteiger charge is -2.12. The summed E-state index contributed by atoms with van der Waals surface area (Å²) in [5, 5.41) is 12.6. The number of aromatic nitrogens is 1. The second-order valence-electron chi connectivity index (χ2n) is 5.04. The standard InChI is InChI=1S/C14H15N3O4S2/c18-13(19)12-10-4-6-15-8-11(10)22-14(12)23(20,21)17-7-9-3-1-2-5-16-9/h1-3,5,15,17H,4,6-8H2,(H,18,19). The molecule has 0 saturated heterocycles. The molecule has 3 N–H and O–H groups in total. The fourth-order valence-corrected chi connectivity index (χ4v) is 5.36. The molecular weight excluding hydrogens is 338 g/mol. The molecule has 0 unspecified atom stereocenters. The zero-order valence-electron chi connectivity index (χ0n) is 12.1. The van der Waals surface area contributed by atoms with E-state index in [1.807, 2.05) is 0 Å². The van der Waals surface area contributed by atoms with Crippen molar-refractivity contribution in [3.63, 3.8) is 0 Å². The van der Waals surface area contributed by atoms with Crippen molar-refractivity contribution in [3.05, 3.63) is 46.1 Å². The average Bonchev–Trinajstić information content (AvgIpc) is 2.95. The van der Waals surface area contributed by atoms with E-state index in [2.05, 4.69) is 15.0 Å². The minimum atomic E-state index is -3.91. The lowest BCUT2D eigenvalue weighted by atomic mass is 10.1. The first-order chi connectivity index (χ1) is 11.0. The van der Waals surface area contributed by atoms with Crippen molar-refractivity contribution in [1.29, 1.82) is 0 Å². The zero-order valence-corrected chi connectivity index (χ0v) is 13.7. The fourth-order valence-electron chi connectivity index (χ4n) is 2.45. The van der Waals surface area contributed by atoms with Crippen LogP contribution >= 0.6 is 11.3 Å². The van der Waals surface area contributed by atoms with Crippen LogP contribution in [-0.4, -0.2) is 31.0 Å². The van der Waals surface area contributed by atoms with Crippen molar-refractivity contribution in [2.45, 2.75) is 23.7 Å². The molecule has 3 heterocycles. The van der Waals surface area contributed by atoms with Gasteiger partial charge in [0, 0.05) is 17.6 Å². The van der Waals surface area contributed by atoms with E-state index < -0.39 is 16.0 Å². The van der Waals surface area contributed by atoms with Gasteiger partial charge in [0.2, 0.25) is 0 Å². The minimum Gasteiger partial charge on any atom is -0.478 e. The van der Waals surface area contributed by atoms with E-state index in [-0.39, 0.29) is 16.3 Å². The number of nitrogens with one attached hydrogen (secondary N) is 2. The van der Waals surface area contributed by atoms with Gasteiger partial charge in [0.05, 0.1) is 17.8 Å². The molecule has 1 aliphatic rings. The maximum Gasteiger partial charge on any atom is 0.338 e. The maximum atomic E-state index is 12.5. The first-order valence-corrected chi connectivity index (χ1v) is 9.27. The van der Waals surface area contributed by atoms with Crippen molar-refractivity contribution in [2.24, 2.45) is 0 Å². The molecule has 0 atom stereocenters. The number of nitrogens with zero attached hydrogens (tertiary/aromatic N) is 1. The lowest BCUT2D eigenvalue weighted by molar-refractivity contribution is 0.0692. The molecule has 3 rings (SSSR count). The van der Waals surface area contributed by atoms with Gasteiger partial charge in [-0.15, -0.1) is 11.3 Å². The highest BCUT2D eigenvalue weighted by Gasteiger charge is 2.31. The van der Waals surface area contributed by atoms with Gasteiger partial charge in [-0.2, -0.15) is 0 Å². The van der Waals surface area contributed by atoms with Crippen LogP contribution in [0.5, 0.6) is 0 Å². The highest BCUT2D eigenvalue weighted by Crippen LogP contribution is 2.34. The number of carboxylic acids is 1. The second-order valence-corrected chi connectivity index (χ2v) is 8.11. The summed E-state index contributed by atoms with van der Waals surface area (Å²) >= 11 is 1.02. The summed E-state index contributed by atoms with van der Waals surface area (Å²) in [4.78, 5) is 16.4. The fraction of sp³-hybridized carbons (Fsp3) is 0.286. The van der Waals surface area contributed by atoms with Crippen LogP contribution in [0.1, 0.15) is 26.5 Å². The number of carbonyl (C=O) groups is 1. The Hall–Kier alpha value is -1.81. The third kappa shape index (κ3) is 3.27. The van der Waals surface area contributed by atoms with E-state index >= 15 is 0 Å². The normalized spacial score (nSPS) is 14.4. The smallest absolute Gasteiger partial charge is 0.338 e. The van der Waals surface area contributed by atoms with Crippen LogP contribution in [0.25, 0.3) is 0 Å². The number of sulfonamides is 1. The Balaban J connectivity index is 1.93. The predicted octanol–water partition coefficient (Wildman–Crippen LogP) is 0.965. The molecule has 0 saturated carbocycles. The average molecular weight is 353 g/mol. The van der Waals surface area contributed by atoms with Gasteiger partial charge in [-0.3, -0.25) is 4.98 Å². The first-order valence-electron chi connectivity index (χ1n) is 6.97. The number of pyridine rings is 1. The largest absolute Gasteiger partial charge is 0.478 e. The highest BCUT2D eigenvalue weighted by atomic mass is 32.2. The summed E-state index contributed by atoms with van der Waals surface area (Å²) in [6.45, 7) is 1.16. The van der Waals surface area contributed by atoms with Gasteiger partial charge in [0.1, 0.15) is 4.21 Å². The highest BCUT2D eigenvalue weighted by molar-refractivity contribution is 7.91. The molecule has 2 aromatic rings. The Bertz CT molecular complexity index is 831. The van der Waals surface area contributed by atoms with Crippen molar-refractivity contribution < 1.29 is 18.3 Å². The van der Waals surface area contributed by atoms with Gasteiger partial charge in [-0.1, -0.05) is 6.07 Å². The number of hydrogen-bond donors (Lipinski definition) is 3. The Kier molecular flexibility index (Phi) is 4.44. The van der Waals surface area contributed by atoms with Crippen molar-refractivity contribution in [1.82, 2.24) is 15.0 Å². The Morgan fingerprint density at radius 2 is 2.26 bits per heavy atom. The molecule has 0 bridgehead atoms. The van der Waals surface area contributed by atoms with E-state index in [1.165, 1.54) is 0 Å². The summed E-state index contributed by atoms with van der Waals surface area (Å²) < 4.78 is 27.4. The lowest BCUT2D eigenvalue weighted by Crippen LogP contribution is -2.25. The van der Waals surface area contributed by atoms with Gasteiger partial charge in [-0.05, 0) is 30.7 Å². The molecule has 0 aromatic carbocycles. The van der Waals surface area contributed by atoms with Crippen LogP contribution < -0.4 is 10.0 Å². The Labute approximate surface area is 137 Å². The third-order valence-corrected chi connectivity index (χ3v) is 6.67. The summed E-state index contributed by atoms with van der Waals surface area (Å²) in [6, 6.07) is 5.19. The van der Waals surface area contributed by atoms with Gasteiger partial charge in [-0.25, -0.2) is 17.9 Å². The summed E-state index contributed by atoms with van der Waals surface area (Å²) in [5.41, 5.74) is 1.09. The van der Waals surface area contributed by atoms with E-state index in [0.29, 0.717) is 30.8 Å². The second kappa shape index (κ2) is 6.36. The van der Waals surface area contributed by atoms with Crippen molar-refractivity contribution >= 4 is 27.3 Å². The first kappa shape index (κ1) is 16.1. The maximum absolute atomic E-state index is 12.5. The molecule has 7 nitrogen and oxygen atoms in total. The molecule has 0 fully saturated rings. The molecule has 0 amide bonds. The minimum absolute atomic E-state index is 0.0169. The third-order valence-electron chi connectivity index (χ3n) is 3.52. The number of hydrogen-bond acceptors (Lipinski definition) is 6. The van der Waals surface area contributed by atoms with Crippen LogP contribution in [0.3, 0.4) is 0 Å². The van der Waals surface area contributed by atoms with E-state index in [9.17, 15) is 18.3 Å². The van der Waals surface area contributed by atoms with Gasteiger partial charge in [0.15, 0.2) is 0 Å². The molecule has 23 heavy (non-hydrogen) atoms. The van der Waals surface area contributed by atoms with Gasteiger partial charge in [0.25, 0.3) is 10.0 Å². The van der Waals surface area contributed by atoms with E-state index in [0.717, 1.165) is 16.2 Å². The number of fused-ring (bicyclic) bond motifs is 1. The molecule has 0 radical (unpaired) electrons. The summed E-state index contributed by atoms with van der Waals surface area (Å²) in [6.07, 6.45) is 2.09.